The van der Waals surface area contributed by atoms with Crippen LogP contribution in [0.25, 0.3) is 0 Å². The maximum absolute atomic E-state index is 10.1. The van der Waals surface area contributed by atoms with Gasteiger partial charge < -0.3 is 5.11 Å². The maximum atomic E-state index is 10.1. The van der Waals surface area contributed by atoms with Crippen LogP contribution in [-0.2, 0) is 0 Å². The Labute approximate surface area is 96.7 Å². The van der Waals surface area contributed by atoms with Crippen LogP contribution in [0.2, 0.25) is 0 Å². The van der Waals surface area contributed by atoms with Crippen LogP contribution in [0.5, 0.6) is 0 Å². The lowest BCUT2D eigenvalue weighted by molar-refractivity contribution is 0.219. The third-order valence-corrected chi connectivity index (χ3v) is 2.88. The summed E-state index contributed by atoms with van der Waals surface area (Å²) in [5, 5.41) is 10.1. The fourth-order valence-electron chi connectivity index (χ4n) is 1.42. The van der Waals surface area contributed by atoms with Gasteiger partial charge in [0.25, 0.3) is 0 Å². The number of benzene rings is 1. The Morgan fingerprint density at radius 2 is 1.87 bits per heavy atom. The molecule has 3 heteroatoms. The highest BCUT2D eigenvalue weighted by Crippen LogP contribution is 2.27. The molecule has 0 bridgehead atoms. The van der Waals surface area contributed by atoms with E-state index in [0.717, 1.165) is 15.6 Å². The first-order chi connectivity index (χ1) is 7.29. The van der Waals surface area contributed by atoms with E-state index < -0.39 is 6.10 Å². The molecule has 2 rings (SSSR count). The molecule has 0 saturated heterocycles. The monoisotopic (exact) mass is 263 g/mol. The SMILES string of the molecule is OC(c1ccccc1)c1ccncc1Br. The summed E-state index contributed by atoms with van der Waals surface area (Å²) >= 11 is 3.37. The molecule has 15 heavy (non-hydrogen) atoms. The smallest absolute Gasteiger partial charge is 0.105 e. The van der Waals surface area contributed by atoms with Crippen molar-refractivity contribution in [3.8, 4) is 0 Å². The molecule has 0 fully saturated rings. The number of hydrogen-bond acceptors (Lipinski definition) is 2. The van der Waals surface area contributed by atoms with Crippen molar-refractivity contribution < 1.29 is 5.11 Å². The van der Waals surface area contributed by atoms with E-state index in [1.165, 1.54) is 0 Å². The first kappa shape index (κ1) is 10.3. The fourth-order valence-corrected chi connectivity index (χ4v) is 1.89. The van der Waals surface area contributed by atoms with Crippen LogP contribution < -0.4 is 0 Å². The van der Waals surface area contributed by atoms with Gasteiger partial charge in [0.2, 0.25) is 0 Å². The van der Waals surface area contributed by atoms with Crippen molar-refractivity contribution in [3.05, 3.63) is 64.4 Å². The minimum absolute atomic E-state index is 0.608. The molecule has 0 spiro atoms. The molecule has 76 valence electrons. The number of nitrogens with zero attached hydrogens (tertiary/aromatic N) is 1. The molecule has 1 N–H and O–H groups in total. The number of hydrogen-bond donors (Lipinski definition) is 1. The molecule has 0 aliphatic carbocycles. The second-order valence-corrected chi connectivity index (χ2v) is 4.06. The zero-order valence-corrected chi connectivity index (χ0v) is 9.55. The number of aromatic nitrogens is 1. The molecule has 0 saturated carbocycles. The zero-order chi connectivity index (χ0) is 10.7. The van der Waals surface area contributed by atoms with Crippen molar-refractivity contribution in [2.75, 3.05) is 0 Å². The molecule has 0 radical (unpaired) electrons. The molecule has 2 nitrogen and oxygen atoms in total. The normalized spacial score (nSPS) is 12.4. The van der Waals surface area contributed by atoms with E-state index in [4.69, 9.17) is 0 Å². The van der Waals surface area contributed by atoms with Crippen molar-refractivity contribution in [1.82, 2.24) is 4.98 Å². The van der Waals surface area contributed by atoms with Gasteiger partial charge in [-0.1, -0.05) is 30.3 Å². The van der Waals surface area contributed by atoms with Crippen molar-refractivity contribution in [3.63, 3.8) is 0 Å². The number of aliphatic hydroxyl groups is 1. The van der Waals surface area contributed by atoms with Gasteiger partial charge in [-0.05, 0) is 27.6 Å². The molecular weight excluding hydrogens is 254 g/mol. The number of pyridine rings is 1. The van der Waals surface area contributed by atoms with E-state index in [2.05, 4.69) is 20.9 Å². The van der Waals surface area contributed by atoms with Gasteiger partial charge in [0, 0.05) is 22.4 Å². The fraction of sp³-hybridized carbons (Fsp3) is 0.0833. The molecule has 1 unspecified atom stereocenters. The summed E-state index contributed by atoms with van der Waals surface area (Å²) in [6.07, 6.45) is 2.75. The first-order valence-electron chi connectivity index (χ1n) is 4.61. The summed E-state index contributed by atoms with van der Waals surface area (Å²) in [6, 6.07) is 11.4. The van der Waals surface area contributed by atoms with Crippen molar-refractivity contribution in [2.45, 2.75) is 6.10 Å². The summed E-state index contributed by atoms with van der Waals surface area (Å²) in [5.74, 6) is 0. The maximum Gasteiger partial charge on any atom is 0.105 e. The van der Waals surface area contributed by atoms with Crippen molar-refractivity contribution in [1.29, 1.82) is 0 Å². The van der Waals surface area contributed by atoms with Gasteiger partial charge in [-0.15, -0.1) is 0 Å². The largest absolute Gasteiger partial charge is 0.384 e. The summed E-state index contributed by atoms with van der Waals surface area (Å²) in [4.78, 5) is 3.96. The summed E-state index contributed by atoms with van der Waals surface area (Å²) in [7, 11) is 0. The quantitative estimate of drug-likeness (QED) is 0.904. The molecule has 2 aromatic rings. The summed E-state index contributed by atoms with van der Waals surface area (Å²) in [5.41, 5.74) is 1.71. The van der Waals surface area contributed by atoms with Crippen LogP contribution in [0, 0.1) is 0 Å². The Morgan fingerprint density at radius 1 is 1.13 bits per heavy atom. The minimum atomic E-state index is -0.608. The molecule has 0 amide bonds. The topological polar surface area (TPSA) is 33.1 Å². The minimum Gasteiger partial charge on any atom is -0.384 e. The Hall–Kier alpha value is -1.19. The number of halogens is 1. The van der Waals surface area contributed by atoms with Crippen LogP contribution in [0.4, 0.5) is 0 Å². The predicted octanol–water partition coefficient (Wildman–Crippen LogP) is 2.93. The summed E-state index contributed by atoms with van der Waals surface area (Å²) < 4.78 is 0.821. The standard InChI is InChI=1S/C12H10BrNO/c13-11-8-14-7-6-10(11)12(15)9-4-2-1-3-5-9/h1-8,12,15H. The Balaban J connectivity index is 2.37. The highest BCUT2D eigenvalue weighted by Gasteiger charge is 2.12. The van der Waals surface area contributed by atoms with Crippen molar-refractivity contribution in [2.24, 2.45) is 0 Å². The van der Waals surface area contributed by atoms with Gasteiger partial charge in [0.15, 0.2) is 0 Å². The third-order valence-electron chi connectivity index (χ3n) is 2.21. The van der Waals surface area contributed by atoms with Gasteiger partial charge in [-0.2, -0.15) is 0 Å². The zero-order valence-electron chi connectivity index (χ0n) is 7.97. The number of aliphatic hydroxyl groups excluding tert-OH is 1. The van der Waals surface area contributed by atoms with Crippen LogP contribution >= 0.6 is 15.9 Å². The van der Waals surface area contributed by atoms with E-state index >= 15 is 0 Å². The van der Waals surface area contributed by atoms with E-state index in [-0.39, 0.29) is 0 Å². The lowest BCUT2D eigenvalue weighted by atomic mass is 10.0. The van der Waals surface area contributed by atoms with Crippen LogP contribution in [0.3, 0.4) is 0 Å². The molecule has 1 atom stereocenters. The third kappa shape index (κ3) is 2.25. The van der Waals surface area contributed by atoms with Gasteiger partial charge in [-0.3, -0.25) is 4.98 Å². The highest BCUT2D eigenvalue weighted by atomic mass is 79.9. The second-order valence-electron chi connectivity index (χ2n) is 3.21. The lowest BCUT2D eigenvalue weighted by Crippen LogP contribution is -2.00. The van der Waals surface area contributed by atoms with E-state index in [9.17, 15) is 5.11 Å². The van der Waals surface area contributed by atoms with Crippen LogP contribution in [-0.4, -0.2) is 10.1 Å². The molecule has 0 aliphatic rings. The van der Waals surface area contributed by atoms with Gasteiger partial charge in [0.05, 0.1) is 0 Å². The predicted molar refractivity (Wildman–Crippen MR) is 62.4 cm³/mol. The Kier molecular flexibility index (Phi) is 3.14. The van der Waals surface area contributed by atoms with Gasteiger partial charge in [-0.25, -0.2) is 0 Å². The Bertz CT molecular complexity index is 444. The first-order valence-corrected chi connectivity index (χ1v) is 5.41. The second kappa shape index (κ2) is 4.55. The average molecular weight is 264 g/mol. The lowest BCUT2D eigenvalue weighted by Gasteiger charge is -2.12. The van der Waals surface area contributed by atoms with Crippen LogP contribution in [0.1, 0.15) is 17.2 Å². The molecule has 1 aromatic heterocycles. The van der Waals surface area contributed by atoms with Crippen molar-refractivity contribution >= 4 is 15.9 Å². The molecule has 1 heterocycles. The Morgan fingerprint density at radius 3 is 2.53 bits per heavy atom. The van der Waals surface area contributed by atoms with Gasteiger partial charge >= 0.3 is 0 Å². The van der Waals surface area contributed by atoms with E-state index in [0.29, 0.717) is 0 Å². The highest BCUT2D eigenvalue weighted by molar-refractivity contribution is 9.10. The summed E-state index contributed by atoms with van der Waals surface area (Å²) in [6.45, 7) is 0. The van der Waals surface area contributed by atoms with Crippen LogP contribution in [0.15, 0.2) is 53.3 Å². The van der Waals surface area contributed by atoms with E-state index in [1.54, 1.807) is 12.4 Å². The van der Waals surface area contributed by atoms with Gasteiger partial charge in [0.1, 0.15) is 6.10 Å². The van der Waals surface area contributed by atoms with E-state index in [1.807, 2.05) is 36.4 Å². The molecule has 0 aliphatic heterocycles. The average Bonchev–Trinajstić information content (AvgIpc) is 2.30. The molecular formula is C12H10BrNO. The number of rotatable bonds is 2. The molecule has 1 aromatic carbocycles.